The summed E-state index contributed by atoms with van der Waals surface area (Å²) in [6.07, 6.45) is 3.35. The number of hydrogen-bond acceptors (Lipinski definition) is 8. The van der Waals surface area contributed by atoms with E-state index in [1.165, 1.54) is 25.4 Å². The lowest BCUT2D eigenvalue weighted by Gasteiger charge is -2.16. The summed E-state index contributed by atoms with van der Waals surface area (Å²) in [5.41, 5.74) is 8.20. The predicted octanol–water partition coefficient (Wildman–Crippen LogP) is 2.52. The zero-order valence-corrected chi connectivity index (χ0v) is 18.9. The molecule has 0 spiro atoms. The zero-order valence-electron chi connectivity index (χ0n) is 18.1. The maximum atomic E-state index is 11.9. The number of hydrogen-bond donors (Lipinski definition) is 2. The number of aromatic nitrogens is 3. The molecule has 3 rings (SSSR count). The van der Waals surface area contributed by atoms with Crippen molar-refractivity contribution >= 4 is 29.1 Å². The third kappa shape index (κ3) is 5.22. The van der Waals surface area contributed by atoms with Crippen LogP contribution in [0.1, 0.15) is 42.2 Å². The molecule has 0 aliphatic rings. The van der Waals surface area contributed by atoms with E-state index in [9.17, 15) is 14.4 Å². The predicted molar refractivity (Wildman–Crippen MR) is 118 cm³/mol. The van der Waals surface area contributed by atoms with Crippen LogP contribution in [0, 0.1) is 6.92 Å². The Hall–Kier alpha value is -3.47. The van der Waals surface area contributed by atoms with Crippen molar-refractivity contribution in [2.24, 2.45) is 5.73 Å². The van der Waals surface area contributed by atoms with Crippen LogP contribution in [0.4, 0.5) is 0 Å². The van der Waals surface area contributed by atoms with Gasteiger partial charge in [-0.25, -0.2) is 9.78 Å². The minimum Gasteiger partial charge on any atom is -0.467 e. The number of unbranched alkanes of at least 4 members (excludes halogenated alkanes) is 1. The number of thiazole rings is 1. The van der Waals surface area contributed by atoms with Crippen molar-refractivity contribution in [1.29, 1.82) is 0 Å². The Morgan fingerprint density at radius 1 is 1.34 bits per heavy atom. The van der Waals surface area contributed by atoms with Gasteiger partial charge in [0.25, 0.3) is 5.91 Å². The van der Waals surface area contributed by atoms with Gasteiger partial charge in [-0.15, -0.1) is 11.3 Å². The van der Waals surface area contributed by atoms with Gasteiger partial charge in [0.05, 0.1) is 30.3 Å². The Morgan fingerprint density at radius 3 is 2.75 bits per heavy atom. The van der Waals surface area contributed by atoms with E-state index >= 15 is 0 Å². The fourth-order valence-electron chi connectivity index (χ4n) is 3.48. The van der Waals surface area contributed by atoms with E-state index < -0.39 is 17.9 Å². The highest BCUT2D eigenvalue weighted by Crippen LogP contribution is 2.31. The van der Waals surface area contributed by atoms with Gasteiger partial charge in [-0.2, -0.15) is 0 Å². The smallest absolute Gasteiger partial charge is 0.328 e. The van der Waals surface area contributed by atoms with Crippen LogP contribution in [-0.4, -0.2) is 45.6 Å². The highest BCUT2D eigenvalue weighted by Gasteiger charge is 2.21. The van der Waals surface area contributed by atoms with Crippen LogP contribution >= 0.6 is 11.3 Å². The molecule has 0 saturated heterocycles. The van der Waals surface area contributed by atoms with E-state index in [1.807, 2.05) is 16.9 Å². The Balaban J connectivity index is 1.77. The molecule has 3 aromatic rings. The highest BCUT2D eigenvalue weighted by atomic mass is 32.1. The summed E-state index contributed by atoms with van der Waals surface area (Å²) in [5, 5.41) is 8.88. The van der Waals surface area contributed by atoms with Crippen LogP contribution in [0.2, 0.25) is 0 Å². The summed E-state index contributed by atoms with van der Waals surface area (Å²) in [7, 11) is 1.29. The number of esters is 1. The molecule has 1 unspecified atom stereocenters. The van der Waals surface area contributed by atoms with Crippen molar-refractivity contribution in [2.75, 3.05) is 7.11 Å². The van der Waals surface area contributed by atoms with Gasteiger partial charge in [0.2, 0.25) is 5.91 Å². The Morgan fingerprint density at radius 2 is 2.12 bits per heavy atom. The summed E-state index contributed by atoms with van der Waals surface area (Å²) in [5.74, 6) is -0.708. The van der Waals surface area contributed by atoms with Crippen LogP contribution in [0.3, 0.4) is 0 Å². The molecule has 170 valence electrons. The second-order valence-corrected chi connectivity index (χ2v) is 8.09. The summed E-state index contributed by atoms with van der Waals surface area (Å²) in [6, 6.07) is 2.78. The normalized spacial score (nSPS) is 11.8. The molecule has 0 aromatic carbocycles. The number of carbonyl (C=O) groups excluding carboxylic acids is 3. The Kier molecular flexibility index (Phi) is 7.41. The van der Waals surface area contributed by atoms with Crippen LogP contribution in [0.5, 0.6) is 0 Å². The van der Waals surface area contributed by atoms with E-state index in [0.717, 1.165) is 11.4 Å². The molecule has 1 atom stereocenters. The molecule has 0 saturated carbocycles. The molecule has 3 heterocycles. The molecule has 2 amide bonds. The summed E-state index contributed by atoms with van der Waals surface area (Å²) >= 11 is 1.41. The van der Waals surface area contributed by atoms with E-state index in [2.05, 4.69) is 15.5 Å². The van der Waals surface area contributed by atoms with E-state index in [-0.39, 0.29) is 5.91 Å². The van der Waals surface area contributed by atoms with Gasteiger partial charge in [0.15, 0.2) is 10.8 Å². The first kappa shape index (κ1) is 23.2. The van der Waals surface area contributed by atoms with Crippen LogP contribution < -0.4 is 11.1 Å². The highest BCUT2D eigenvalue weighted by molar-refractivity contribution is 7.13. The summed E-state index contributed by atoms with van der Waals surface area (Å²) < 4.78 is 11.9. The number of nitrogens with two attached hydrogens (primary N) is 1. The Labute approximate surface area is 188 Å². The fraction of sp³-hybridized carbons (Fsp3) is 0.381. The molecule has 0 fully saturated rings. The quantitative estimate of drug-likeness (QED) is 0.350. The lowest BCUT2D eigenvalue weighted by atomic mass is 10.1. The topological polar surface area (TPSA) is 142 Å². The third-order valence-electron chi connectivity index (χ3n) is 5.03. The first-order chi connectivity index (χ1) is 15.3. The zero-order chi connectivity index (χ0) is 23.3. The number of methoxy groups -OCH3 is 1. The van der Waals surface area contributed by atoms with Gasteiger partial charge in [-0.3, -0.25) is 9.59 Å². The lowest BCUT2D eigenvalue weighted by Crippen LogP contribution is -2.40. The number of primary amides is 1. The van der Waals surface area contributed by atoms with Crippen LogP contribution in [-0.2, 0) is 20.9 Å². The fourth-order valence-corrected chi connectivity index (χ4v) is 4.25. The van der Waals surface area contributed by atoms with Crippen molar-refractivity contribution in [2.45, 2.75) is 45.7 Å². The van der Waals surface area contributed by atoms with Crippen LogP contribution in [0.25, 0.3) is 22.2 Å². The average Bonchev–Trinajstić information content (AvgIpc) is 3.49. The van der Waals surface area contributed by atoms with E-state index in [1.54, 1.807) is 18.3 Å². The first-order valence-corrected chi connectivity index (χ1v) is 10.9. The molecule has 3 aromatic heterocycles. The van der Waals surface area contributed by atoms with Crippen molar-refractivity contribution < 1.29 is 23.6 Å². The van der Waals surface area contributed by atoms with Gasteiger partial charge < -0.3 is 24.9 Å². The van der Waals surface area contributed by atoms with Crippen molar-refractivity contribution in [1.82, 2.24) is 20.0 Å². The van der Waals surface area contributed by atoms with Crippen molar-refractivity contribution in [3.63, 3.8) is 0 Å². The molecule has 11 heteroatoms. The van der Waals surface area contributed by atoms with Crippen molar-refractivity contribution in [3.8, 4) is 22.2 Å². The molecular formula is C21H25N5O5S. The first-order valence-electron chi connectivity index (χ1n) is 10.0. The van der Waals surface area contributed by atoms with Gasteiger partial charge >= 0.3 is 5.97 Å². The number of carbonyl (C=O) groups is 3. The minimum atomic E-state index is -0.688. The second kappa shape index (κ2) is 10.2. The number of nitrogens with zero attached hydrogens (tertiary/aromatic N) is 3. The van der Waals surface area contributed by atoms with Gasteiger partial charge in [-0.05, 0) is 32.3 Å². The lowest BCUT2D eigenvalue weighted by molar-refractivity contribution is -0.145. The number of rotatable bonds is 10. The molecule has 10 nitrogen and oxygen atoms in total. The number of amides is 2. The van der Waals surface area contributed by atoms with Crippen LogP contribution in [0.15, 0.2) is 28.2 Å². The summed E-state index contributed by atoms with van der Waals surface area (Å²) in [4.78, 5) is 39.8. The molecule has 32 heavy (non-hydrogen) atoms. The van der Waals surface area contributed by atoms with Gasteiger partial charge in [0.1, 0.15) is 6.04 Å². The molecule has 0 bridgehead atoms. The standard InChI is InChI=1S/C21H25N5O5S/c1-12-14(19(22)28)10-17(16-11-32-20(25-16)18-7-8-23-31-18)26(12)9-5-4-6-15(21(29)30-3)24-13(2)27/h7-8,10-11,15H,4-6,9H2,1-3H3,(H2,22,28)(H,24,27). The third-order valence-corrected chi connectivity index (χ3v) is 5.89. The number of ether oxygens (including phenoxy) is 1. The molecule has 0 aliphatic carbocycles. The van der Waals surface area contributed by atoms with E-state index in [4.69, 9.17) is 15.0 Å². The summed E-state index contributed by atoms with van der Waals surface area (Å²) in [6.45, 7) is 3.77. The monoisotopic (exact) mass is 459 g/mol. The molecular weight excluding hydrogens is 434 g/mol. The number of nitrogens with one attached hydrogen (secondary N) is 1. The maximum Gasteiger partial charge on any atom is 0.328 e. The second-order valence-electron chi connectivity index (χ2n) is 7.23. The molecule has 0 radical (unpaired) electrons. The average molecular weight is 460 g/mol. The maximum absolute atomic E-state index is 11.9. The van der Waals surface area contributed by atoms with Gasteiger partial charge in [0, 0.05) is 30.6 Å². The Bertz CT molecular complexity index is 1100. The minimum absolute atomic E-state index is 0.291. The SMILES string of the molecule is COC(=O)C(CCCCn1c(-c2csc(-c3ccno3)n2)cc(C(N)=O)c1C)NC(C)=O. The van der Waals surface area contributed by atoms with Crippen molar-refractivity contribution in [3.05, 3.63) is 35.0 Å². The van der Waals surface area contributed by atoms with Gasteiger partial charge in [-0.1, -0.05) is 5.16 Å². The van der Waals surface area contributed by atoms with E-state index in [0.29, 0.717) is 47.8 Å². The molecule has 0 aliphatic heterocycles. The molecule has 3 N–H and O–H groups in total. The largest absolute Gasteiger partial charge is 0.467 e.